The van der Waals surface area contributed by atoms with Gasteiger partial charge in [0, 0.05) is 13.0 Å². The van der Waals surface area contributed by atoms with Gasteiger partial charge in [-0.15, -0.1) is 11.3 Å². The molecule has 0 spiro atoms. The lowest BCUT2D eigenvalue weighted by Gasteiger charge is -1.94. The van der Waals surface area contributed by atoms with Gasteiger partial charge in [-0.25, -0.2) is 4.79 Å². The molecule has 2 N–H and O–H groups in total. The van der Waals surface area contributed by atoms with Crippen LogP contribution >= 0.6 is 11.3 Å². The van der Waals surface area contributed by atoms with E-state index in [1.54, 1.807) is 0 Å². The first-order valence-corrected chi connectivity index (χ1v) is 4.55. The Morgan fingerprint density at radius 1 is 1.57 bits per heavy atom. The summed E-state index contributed by atoms with van der Waals surface area (Å²) in [4.78, 5) is 21.8. The van der Waals surface area contributed by atoms with E-state index in [4.69, 9.17) is 0 Å². The van der Waals surface area contributed by atoms with Crippen molar-refractivity contribution in [3.8, 4) is 5.75 Å². The van der Waals surface area contributed by atoms with Crippen molar-refractivity contribution < 1.29 is 19.4 Å². The fourth-order valence-electron chi connectivity index (χ4n) is 0.855. The van der Waals surface area contributed by atoms with Crippen LogP contribution in [0.3, 0.4) is 0 Å². The number of anilines is 1. The molecule has 6 heteroatoms. The summed E-state index contributed by atoms with van der Waals surface area (Å²) in [5.74, 6) is -1.07. The highest BCUT2D eigenvalue weighted by Gasteiger charge is 2.16. The molecular formula is C8H9NO4S. The Kier molecular flexibility index (Phi) is 3.08. The Labute approximate surface area is 84.3 Å². The van der Waals surface area contributed by atoms with E-state index < -0.39 is 5.97 Å². The Hall–Kier alpha value is -1.56. The number of nitrogens with one attached hydrogen (secondary N) is 1. The third-order valence-corrected chi connectivity index (χ3v) is 2.40. The summed E-state index contributed by atoms with van der Waals surface area (Å²) in [7, 11) is 1.22. The summed E-state index contributed by atoms with van der Waals surface area (Å²) in [6.45, 7) is 1.34. The topological polar surface area (TPSA) is 75.6 Å². The number of hydrogen-bond acceptors (Lipinski definition) is 5. The summed E-state index contributed by atoms with van der Waals surface area (Å²) >= 11 is 0.964. The Bertz CT molecular complexity index is 371. The van der Waals surface area contributed by atoms with Gasteiger partial charge in [0.05, 0.1) is 12.1 Å². The second-order valence-electron chi connectivity index (χ2n) is 2.50. The van der Waals surface area contributed by atoms with Crippen molar-refractivity contribution in [1.82, 2.24) is 0 Å². The number of carbonyl (C=O) groups is 2. The van der Waals surface area contributed by atoms with Gasteiger partial charge in [0.1, 0.15) is 5.75 Å². The predicted octanol–water partition coefficient (Wildman–Crippen LogP) is 1.20. The smallest absolute Gasteiger partial charge is 0.351 e. The number of ether oxygens (including phenoxy) is 1. The zero-order valence-corrected chi connectivity index (χ0v) is 8.47. The second-order valence-corrected chi connectivity index (χ2v) is 3.55. The summed E-state index contributed by atoms with van der Waals surface area (Å²) in [5, 5.41) is 12.2. The standard InChI is InChI=1S/C8H9NO4S/c1-4(10)9-6-3-5(11)7(14-6)8(12)13-2/h3,11H,1-2H3,(H,9,10). The minimum Gasteiger partial charge on any atom is -0.506 e. The van der Waals surface area contributed by atoms with Crippen LogP contribution in [-0.2, 0) is 9.53 Å². The van der Waals surface area contributed by atoms with E-state index in [-0.39, 0.29) is 16.5 Å². The van der Waals surface area contributed by atoms with Crippen LogP contribution in [0.15, 0.2) is 6.07 Å². The highest BCUT2D eigenvalue weighted by atomic mass is 32.1. The van der Waals surface area contributed by atoms with Crippen molar-refractivity contribution in [3.05, 3.63) is 10.9 Å². The third kappa shape index (κ3) is 2.23. The number of rotatable bonds is 2. The summed E-state index contributed by atoms with van der Waals surface area (Å²) in [6, 6.07) is 1.30. The molecular weight excluding hydrogens is 206 g/mol. The normalized spacial score (nSPS) is 9.57. The highest BCUT2D eigenvalue weighted by Crippen LogP contribution is 2.32. The van der Waals surface area contributed by atoms with E-state index in [0.717, 1.165) is 11.3 Å². The van der Waals surface area contributed by atoms with Gasteiger partial charge in [-0.3, -0.25) is 4.79 Å². The van der Waals surface area contributed by atoms with E-state index in [2.05, 4.69) is 10.1 Å². The fourth-order valence-corrected chi connectivity index (χ4v) is 1.77. The summed E-state index contributed by atoms with van der Waals surface area (Å²) in [5.41, 5.74) is 0. The summed E-state index contributed by atoms with van der Waals surface area (Å²) < 4.78 is 4.43. The zero-order valence-electron chi connectivity index (χ0n) is 7.66. The monoisotopic (exact) mass is 215 g/mol. The Balaban J connectivity index is 2.93. The number of methoxy groups -OCH3 is 1. The molecule has 1 heterocycles. The number of esters is 1. The first-order valence-electron chi connectivity index (χ1n) is 3.73. The molecule has 1 aromatic rings. The molecule has 0 fully saturated rings. The molecule has 0 unspecified atom stereocenters. The molecule has 14 heavy (non-hydrogen) atoms. The molecule has 0 radical (unpaired) electrons. The van der Waals surface area contributed by atoms with Gasteiger partial charge in [0.15, 0.2) is 4.88 Å². The van der Waals surface area contributed by atoms with Gasteiger partial charge >= 0.3 is 5.97 Å². The lowest BCUT2D eigenvalue weighted by Crippen LogP contribution is -2.03. The van der Waals surface area contributed by atoms with E-state index in [1.165, 1.54) is 20.1 Å². The average molecular weight is 215 g/mol. The number of hydrogen-bond donors (Lipinski definition) is 2. The van der Waals surface area contributed by atoms with Crippen LogP contribution in [0.4, 0.5) is 5.00 Å². The average Bonchev–Trinajstić information content (AvgIpc) is 2.44. The number of thiophene rings is 1. The van der Waals surface area contributed by atoms with Crippen LogP contribution in [-0.4, -0.2) is 24.1 Å². The number of amides is 1. The van der Waals surface area contributed by atoms with Crippen molar-refractivity contribution in [1.29, 1.82) is 0 Å². The largest absolute Gasteiger partial charge is 0.506 e. The zero-order chi connectivity index (χ0) is 10.7. The van der Waals surface area contributed by atoms with Crippen molar-refractivity contribution >= 4 is 28.2 Å². The third-order valence-electron chi connectivity index (χ3n) is 1.38. The maximum absolute atomic E-state index is 11.0. The van der Waals surface area contributed by atoms with Gasteiger partial charge in [-0.05, 0) is 0 Å². The predicted molar refractivity (Wildman–Crippen MR) is 51.6 cm³/mol. The number of carbonyl (C=O) groups excluding carboxylic acids is 2. The van der Waals surface area contributed by atoms with E-state index in [1.807, 2.05) is 0 Å². The van der Waals surface area contributed by atoms with Crippen LogP contribution in [0.2, 0.25) is 0 Å². The molecule has 1 amide bonds. The van der Waals surface area contributed by atoms with Crippen molar-refractivity contribution in [2.24, 2.45) is 0 Å². The molecule has 0 aliphatic carbocycles. The molecule has 0 atom stereocenters. The van der Waals surface area contributed by atoms with Gasteiger partial charge in [-0.1, -0.05) is 0 Å². The van der Waals surface area contributed by atoms with E-state index in [9.17, 15) is 14.7 Å². The SMILES string of the molecule is COC(=O)c1sc(NC(C)=O)cc1O. The fraction of sp³-hybridized carbons (Fsp3) is 0.250. The molecule has 1 rings (SSSR count). The van der Waals surface area contributed by atoms with Crippen LogP contribution in [0.25, 0.3) is 0 Å². The first-order chi connectivity index (χ1) is 6.54. The Morgan fingerprint density at radius 2 is 2.21 bits per heavy atom. The Morgan fingerprint density at radius 3 is 2.71 bits per heavy atom. The molecule has 0 aromatic carbocycles. The number of aromatic hydroxyl groups is 1. The molecule has 0 aliphatic rings. The minimum absolute atomic E-state index is 0.0799. The van der Waals surface area contributed by atoms with Gasteiger partial charge in [-0.2, -0.15) is 0 Å². The molecule has 5 nitrogen and oxygen atoms in total. The quantitative estimate of drug-likeness (QED) is 0.727. The van der Waals surface area contributed by atoms with Crippen molar-refractivity contribution in [2.45, 2.75) is 6.92 Å². The van der Waals surface area contributed by atoms with Crippen LogP contribution in [0, 0.1) is 0 Å². The highest BCUT2D eigenvalue weighted by molar-refractivity contribution is 7.18. The lowest BCUT2D eigenvalue weighted by atomic mass is 10.4. The van der Waals surface area contributed by atoms with E-state index in [0.29, 0.717) is 5.00 Å². The van der Waals surface area contributed by atoms with Crippen molar-refractivity contribution in [2.75, 3.05) is 12.4 Å². The molecule has 0 aliphatic heterocycles. The van der Waals surface area contributed by atoms with Gasteiger partial charge < -0.3 is 15.2 Å². The molecule has 0 saturated carbocycles. The molecule has 0 bridgehead atoms. The van der Waals surface area contributed by atoms with Crippen LogP contribution in [0.1, 0.15) is 16.6 Å². The van der Waals surface area contributed by atoms with Crippen molar-refractivity contribution in [3.63, 3.8) is 0 Å². The maximum atomic E-state index is 11.0. The van der Waals surface area contributed by atoms with Gasteiger partial charge in [0.2, 0.25) is 5.91 Å². The van der Waals surface area contributed by atoms with E-state index >= 15 is 0 Å². The van der Waals surface area contributed by atoms with Crippen LogP contribution < -0.4 is 5.32 Å². The molecule has 0 saturated heterocycles. The molecule has 1 aromatic heterocycles. The molecule has 76 valence electrons. The maximum Gasteiger partial charge on any atom is 0.351 e. The minimum atomic E-state index is -0.621. The lowest BCUT2D eigenvalue weighted by molar-refractivity contribution is -0.114. The first kappa shape index (κ1) is 10.5. The summed E-state index contributed by atoms with van der Waals surface area (Å²) in [6.07, 6.45) is 0. The van der Waals surface area contributed by atoms with Gasteiger partial charge in [0.25, 0.3) is 0 Å². The van der Waals surface area contributed by atoms with Crippen LogP contribution in [0.5, 0.6) is 5.75 Å². The second kappa shape index (κ2) is 4.10.